The predicted octanol–water partition coefficient (Wildman–Crippen LogP) is 3.39. The lowest BCUT2D eigenvalue weighted by atomic mass is 9.95. The van der Waals surface area contributed by atoms with E-state index in [1.165, 1.54) is 25.3 Å². The summed E-state index contributed by atoms with van der Waals surface area (Å²) in [5.74, 6) is -0.0505. The topological polar surface area (TPSA) is 66.5 Å². The average molecular weight is 433 g/mol. The largest absolute Gasteiger partial charge is 0.416 e. The molecule has 1 aromatic carbocycles. The van der Waals surface area contributed by atoms with Gasteiger partial charge in [0.1, 0.15) is 0 Å². The standard InChI is InChI=1S/C20H27F3N2O3S/c21-20(22,23)15-5-4-8-18(13-15)29(27,28)17-9-11-25(12-10-17)19(26)14-24-16-6-2-1-3-7-16/h4-5,8,13,16-17,24H,1-3,6-7,9-12,14H2. The summed E-state index contributed by atoms with van der Waals surface area (Å²) in [5, 5.41) is 2.51. The molecule has 162 valence electrons. The summed E-state index contributed by atoms with van der Waals surface area (Å²) in [5.41, 5.74) is -0.972. The van der Waals surface area contributed by atoms with Crippen molar-refractivity contribution < 1.29 is 26.4 Å². The van der Waals surface area contributed by atoms with Gasteiger partial charge in [-0.1, -0.05) is 25.3 Å². The van der Waals surface area contributed by atoms with Crippen molar-refractivity contribution >= 4 is 15.7 Å². The molecule has 0 unspecified atom stereocenters. The highest BCUT2D eigenvalue weighted by molar-refractivity contribution is 7.92. The van der Waals surface area contributed by atoms with Crippen molar-refractivity contribution in [2.45, 2.75) is 67.3 Å². The van der Waals surface area contributed by atoms with E-state index in [-0.39, 0.29) is 30.2 Å². The van der Waals surface area contributed by atoms with E-state index in [0.29, 0.717) is 25.2 Å². The smallest absolute Gasteiger partial charge is 0.342 e. The molecule has 3 rings (SSSR count). The average Bonchev–Trinajstić information content (AvgIpc) is 2.72. The number of sulfone groups is 1. The molecule has 1 aliphatic heterocycles. The van der Waals surface area contributed by atoms with Crippen LogP contribution in [0.4, 0.5) is 13.2 Å². The van der Waals surface area contributed by atoms with Gasteiger partial charge >= 0.3 is 6.18 Å². The van der Waals surface area contributed by atoms with E-state index >= 15 is 0 Å². The van der Waals surface area contributed by atoms with Gasteiger partial charge in [0.15, 0.2) is 9.84 Å². The summed E-state index contributed by atoms with van der Waals surface area (Å²) < 4.78 is 64.3. The first kappa shape index (κ1) is 22.1. The van der Waals surface area contributed by atoms with Gasteiger partial charge in [-0.2, -0.15) is 13.2 Å². The number of halogens is 3. The molecule has 2 fully saturated rings. The highest BCUT2D eigenvalue weighted by Crippen LogP contribution is 2.32. The Morgan fingerprint density at radius 3 is 2.34 bits per heavy atom. The van der Waals surface area contributed by atoms with Gasteiger partial charge in [0.05, 0.1) is 22.3 Å². The molecule has 1 aliphatic carbocycles. The van der Waals surface area contributed by atoms with E-state index < -0.39 is 26.8 Å². The Labute approximate surface area is 169 Å². The van der Waals surface area contributed by atoms with Crippen LogP contribution in [0.25, 0.3) is 0 Å². The van der Waals surface area contributed by atoms with Crippen LogP contribution in [0.15, 0.2) is 29.2 Å². The lowest BCUT2D eigenvalue weighted by Crippen LogP contribution is -2.47. The second-order valence-electron chi connectivity index (χ2n) is 7.87. The number of amides is 1. The fourth-order valence-electron chi connectivity index (χ4n) is 4.11. The third-order valence-corrected chi connectivity index (χ3v) is 8.13. The second-order valence-corrected chi connectivity index (χ2v) is 10.1. The zero-order valence-corrected chi connectivity index (χ0v) is 17.1. The minimum absolute atomic E-state index is 0.0505. The Hall–Kier alpha value is -1.61. The fraction of sp³-hybridized carbons (Fsp3) is 0.650. The summed E-state index contributed by atoms with van der Waals surface area (Å²) in [6, 6.07) is 4.24. The summed E-state index contributed by atoms with van der Waals surface area (Å²) in [4.78, 5) is 13.7. The van der Waals surface area contributed by atoms with Crippen LogP contribution in [0.5, 0.6) is 0 Å². The molecule has 1 saturated heterocycles. The SMILES string of the molecule is O=C(CNC1CCCCC1)N1CCC(S(=O)(=O)c2cccc(C(F)(F)F)c2)CC1. The lowest BCUT2D eigenvalue weighted by molar-refractivity contribution is -0.137. The number of hydrogen-bond acceptors (Lipinski definition) is 4. The van der Waals surface area contributed by atoms with Crippen LogP contribution in [0, 0.1) is 0 Å². The van der Waals surface area contributed by atoms with Crippen molar-refractivity contribution in [1.82, 2.24) is 10.2 Å². The van der Waals surface area contributed by atoms with Crippen molar-refractivity contribution in [1.29, 1.82) is 0 Å². The maximum atomic E-state index is 12.9. The number of carbonyl (C=O) groups is 1. The zero-order valence-electron chi connectivity index (χ0n) is 16.2. The highest BCUT2D eigenvalue weighted by atomic mass is 32.2. The molecule has 29 heavy (non-hydrogen) atoms. The first-order valence-corrected chi connectivity index (χ1v) is 11.6. The maximum Gasteiger partial charge on any atom is 0.416 e. The minimum atomic E-state index is -4.59. The number of piperidine rings is 1. The van der Waals surface area contributed by atoms with Gasteiger partial charge in [0, 0.05) is 19.1 Å². The highest BCUT2D eigenvalue weighted by Gasteiger charge is 2.35. The molecule has 0 spiro atoms. The van der Waals surface area contributed by atoms with Crippen molar-refractivity contribution in [3.8, 4) is 0 Å². The molecule has 1 amide bonds. The molecule has 5 nitrogen and oxygen atoms in total. The summed E-state index contributed by atoms with van der Waals surface area (Å²) >= 11 is 0. The Bertz CT molecular complexity index is 813. The van der Waals surface area contributed by atoms with E-state index in [2.05, 4.69) is 5.32 Å². The zero-order chi connectivity index (χ0) is 21.1. The van der Waals surface area contributed by atoms with Gasteiger partial charge in [-0.3, -0.25) is 4.79 Å². The lowest BCUT2D eigenvalue weighted by Gasteiger charge is -2.32. The van der Waals surface area contributed by atoms with Crippen LogP contribution >= 0.6 is 0 Å². The number of nitrogens with one attached hydrogen (secondary N) is 1. The fourth-order valence-corrected chi connectivity index (χ4v) is 5.88. The Morgan fingerprint density at radius 1 is 1.07 bits per heavy atom. The Balaban J connectivity index is 1.56. The van der Waals surface area contributed by atoms with E-state index in [1.807, 2.05) is 0 Å². The Kier molecular flexibility index (Phi) is 6.88. The molecule has 0 bridgehead atoms. The van der Waals surface area contributed by atoms with Gasteiger partial charge < -0.3 is 10.2 Å². The number of nitrogens with zero attached hydrogens (tertiary/aromatic N) is 1. The van der Waals surface area contributed by atoms with E-state index in [9.17, 15) is 26.4 Å². The third kappa shape index (κ3) is 5.51. The second kappa shape index (κ2) is 9.04. The number of likely N-dealkylation sites (tertiary alicyclic amines) is 1. The number of carbonyl (C=O) groups excluding carboxylic acids is 1. The molecular formula is C20H27F3N2O3S. The first-order chi connectivity index (χ1) is 13.7. The van der Waals surface area contributed by atoms with Crippen molar-refractivity contribution in [3.05, 3.63) is 29.8 Å². The van der Waals surface area contributed by atoms with Crippen LogP contribution in [0.3, 0.4) is 0 Å². The van der Waals surface area contributed by atoms with Crippen molar-refractivity contribution in [3.63, 3.8) is 0 Å². The van der Waals surface area contributed by atoms with E-state index in [0.717, 1.165) is 25.0 Å². The molecule has 1 aromatic rings. The number of hydrogen-bond donors (Lipinski definition) is 1. The third-order valence-electron chi connectivity index (χ3n) is 5.87. The van der Waals surface area contributed by atoms with Crippen molar-refractivity contribution in [2.75, 3.05) is 19.6 Å². The van der Waals surface area contributed by atoms with Crippen LogP contribution in [0.1, 0.15) is 50.5 Å². The monoisotopic (exact) mass is 432 g/mol. The summed E-state index contributed by atoms with van der Waals surface area (Å²) in [6.45, 7) is 0.845. The molecule has 1 N–H and O–H groups in total. The molecule has 9 heteroatoms. The van der Waals surface area contributed by atoms with Gasteiger partial charge in [0.2, 0.25) is 5.91 Å². The normalized spacial score (nSPS) is 20.0. The van der Waals surface area contributed by atoms with E-state index in [1.54, 1.807) is 4.90 Å². The molecule has 2 aliphatic rings. The van der Waals surface area contributed by atoms with Gasteiger partial charge in [-0.05, 0) is 43.9 Å². The first-order valence-electron chi connectivity index (χ1n) is 10.1. The van der Waals surface area contributed by atoms with Crippen molar-refractivity contribution in [2.24, 2.45) is 0 Å². The van der Waals surface area contributed by atoms with Crippen LogP contribution in [-0.4, -0.2) is 50.2 Å². The van der Waals surface area contributed by atoms with Crippen LogP contribution in [-0.2, 0) is 20.8 Å². The number of alkyl halides is 3. The summed E-state index contributed by atoms with van der Waals surface area (Å²) in [7, 11) is -3.88. The van der Waals surface area contributed by atoms with Gasteiger partial charge in [-0.15, -0.1) is 0 Å². The van der Waals surface area contributed by atoms with Gasteiger partial charge in [-0.25, -0.2) is 8.42 Å². The van der Waals surface area contributed by atoms with E-state index in [4.69, 9.17) is 0 Å². The quantitative estimate of drug-likeness (QED) is 0.775. The predicted molar refractivity (Wildman–Crippen MR) is 103 cm³/mol. The molecule has 0 aromatic heterocycles. The molecule has 1 saturated carbocycles. The summed E-state index contributed by atoms with van der Waals surface area (Å²) in [6.07, 6.45) is 1.60. The van der Waals surface area contributed by atoms with Gasteiger partial charge in [0.25, 0.3) is 0 Å². The van der Waals surface area contributed by atoms with Crippen LogP contribution in [0.2, 0.25) is 0 Å². The molecular weight excluding hydrogens is 405 g/mol. The number of rotatable bonds is 5. The molecule has 0 atom stereocenters. The minimum Gasteiger partial charge on any atom is -0.342 e. The van der Waals surface area contributed by atoms with Crippen LogP contribution < -0.4 is 5.32 Å². The maximum absolute atomic E-state index is 12.9. The molecule has 0 radical (unpaired) electrons. The molecule has 1 heterocycles. The Morgan fingerprint density at radius 2 is 1.72 bits per heavy atom. The number of benzene rings is 1.